The third-order valence-electron chi connectivity index (χ3n) is 17.2. The number of unbranched alkanes of at least 4 members (excludes halogenated alkanes) is 4. The fourth-order valence-corrected chi connectivity index (χ4v) is 11.5. The summed E-state index contributed by atoms with van der Waals surface area (Å²) in [5, 5.41) is 23.4. The summed E-state index contributed by atoms with van der Waals surface area (Å²) in [6, 6.07) is -12.3. The minimum absolute atomic E-state index is 0.0271. The van der Waals surface area contributed by atoms with Crippen molar-refractivity contribution >= 4 is 65.0 Å². The fourth-order valence-electron chi connectivity index (χ4n) is 11.5. The molecule has 0 aromatic rings. The Hall–Kier alpha value is -5.91. The number of likely N-dealkylation sites (N-methyl/N-ethyl adjacent to an activating group) is 7. The van der Waals surface area contributed by atoms with E-state index in [-0.39, 0.29) is 55.8 Å². The Balaban J connectivity index is 4.32. The Kier molecular flexibility index (Phi) is 34.7. The minimum atomic E-state index is -1.59. The van der Waals surface area contributed by atoms with E-state index in [1.807, 2.05) is 55.4 Å². The van der Waals surface area contributed by atoms with Gasteiger partial charge in [-0.25, -0.2) is 0 Å². The number of nitrogens with zero attached hydrogens (tertiary/aromatic N) is 7. The zero-order valence-corrected chi connectivity index (χ0v) is 58.7. The molecule has 1 aliphatic heterocycles. The first kappa shape index (κ1) is 81.1. The average molecular weight is 1260 g/mol. The molecule has 12 atom stereocenters. The van der Waals surface area contributed by atoms with Gasteiger partial charge in [-0.2, -0.15) is 0 Å². The molecule has 11 amide bonds. The van der Waals surface area contributed by atoms with Gasteiger partial charge in [0.1, 0.15) is 60.4 Å². The van der Waals surface area contributed by atoms with Gasteiger partial charge in [0.2, 0.25) is 65.0 Å². The topological polar surface area (TPSA) is 305 Å². The molecule has 1 heterocycles. The first-order valence-corrected chi connectivity index (χ1v) is 32.7. The molecule has 0 aromatic carbocycles. The monoisotopic (exact) mass is 1260 g/mol. The third-order valence-corrected chi connectivity index (χ3v) is 17.2. The highest BCUT2D eigenvalue weighted by atomic mass is 16.3. The van der Waals surface area contributed by atoms with Crippen molar-refractivity contribution in [2.45, 2.75) is 248 Å². The van der Waals surface area contributed by atoms with E-state index in [1.165, 1.54) is 87.7 Å². The maximum absolute atomic E-state index is 15.3. The van der Waals surface area contributed by atoms with Crippen LogP contribution in [-0.4, -0.2) is 233 Å². The van der Waals surface area contributed by atoms with E-state index in [1.54, 1.807) is 41.5 Å². The van der Waals surface area contributed by atoms with Gasteiger partial charge in [0.25, 0.3) is 0 Å². The van der Waals surface area contributed by atoms with E-state index in [4.69, 9.17) is 5.73 Å². The van der Waals surface area contributed by atoms with Crippen molar-refractivity contribution < 1.29 is 57.8 Å². The van der Waals surface area contributed by atoms with E-state index in [9.17, 15) is 43.5 Å². The molecule has 0 bridgehead atoms. The first-order valence-electron chi connectivity index (χ1n) is 32.7. The smallest absolute Gasteiger partial charge is 0.246 e. The number of rotatable bonds is 20. The molecule has 1 fully saturated rings. The van der Waals surface area contributed by atoms with Crippen LogP contribution in [0.2, 0.25) is 0 Å². The Morgan fingerprint density at radius 2 is 0.854 bits per heavy atom. The zero-order chi connectivity index (χ0) is 68.8. The van der Waals surface area contributed by atoms with Gasteiger partial charge in [-0.15, -0.1) is 0 Å². The minimum Gasteiger partial charge on any atom is -0.390 e. The van der Waals surface area contributed by atoms with Gasteiger partial charge in [-0.1, -0.05) is 123 Å². The Morgan fingerprint density at radius 1 is 0.438 bits per heavy atom. The lowest BCUT2D eigenvalue weighted by Crippen LogP contribution is -2.63. The number of nitrogens with two attached hydrogens (primary N) is 1. The molecule has 24 heteroatoms. The van der Waals surface area contributed by atoms with Crippen molar-refractivity contribution in [2.24, 2.45) is 47.2 Å². The number of aliphatic hydroxyl groups excluding tert-OH is 1. The molecular weight excluding hydrogens is 1140 g/mol. The summed E-state index contributed by atoms with van der Waals surface area (Å²) in [5.74, 6) is -9.59. The maximum Gasteiger partial charge on any atom is 0.246 e. The van der Waals surface area contributed by atoms with Crippen molar-refractivity contribution in [3.05, 3.63) is 0 Å². The Labute approximate surface area is 534 Å². The van der Waals surface area contributed by atoms with Gasteiger partial charge < -0.3 is 66.4 Å². The highest BCUT2D eigenvalue weighted by molar-refractivity contribution is 5.99. The lowest BCUT2D eigenvalue weighted by molar-refractivity contribution is -0.157. The standard InChI is InChI=1S/C65H120N12O12/c1-24-46-61(85)71(17)36-51(78)72(18)47(32-37(2)3)58(82)70-52(41(10)11)64(88)73(19)48(33-38(4)5)57(81)67-44(15)56(80)68-45(16)60(84)74(20)49(34-39(6)7)62(86)75(21)50(35-40(8)9)63(87)76(22)53(42(12)13)65(89)77(23)54(59(83)69-46)55(79)43(14)30-28-26-25-27-29-31-66/h37-50,52-55,79H,24-36,66H2,1-23H3,(H,67,81)(H,68,80)(H,69,83)(H,70,82)/t43-,44+,45-,46+,47+,48+,49+,50+,52+,53+,54+,55-/m1/s1. The van der Waals surface area contributed by atoms with Crippen LogP contribution in [0.1, 0.15) is 181 Å². The van der Waals surface area contributed by atoms with Crippen molar-refractivity contribution in [3.8, 4) is 0 Å². The number of amides is 11. The summed E-state index contributed by atoms with van der Waals surface area (Å²) in [7, 11) is 9.99. The normalized spacial score (nSPS) is 26.1. The molecular formula is C65H120N12O12. The lowest BCUT2D eigenvalue weighted by Gasteiger charge is -2.41. The van der Waals surface area contributed by atoms with Crippen LogP contribution in [-0.2, 0) is 52.7 Å². The SMILES string of the molecule is CC[C@@H]1NC(=O)[C@H]([C@H](O)[C@H](C)CCCCCCCN)N(C)C(=O)[C@H](C(C)C)N(C)C(=O)[C@H](CC(C)C)N(C)C(=O)[C@H](CC(C)C)N(C)C(=O)[C@@H](C)NC(=O)[C@H](C)NC(=O)[C@H](CC(C)C)N(C)C(=O)[C@H](C(C)C)NC(=O)[C@H](CC(C)C)N(C)C(=O)CN(C)C1=O. The van der Waals surface area contributed by atoms with Crippen LogP contribution in [0.3, 0.4) is 0 Å². The second-order valence-electron chi connectivity index (χ2n) is 27.6. The first-order chi connectivity index (χ1) is 41.2. The number of aliphatic hydroxyl groups is 1. The van der Waals surface area contributed by atoms with E-state index < -0.39 is 156 Å². The summed E-state index contributed by atoms with van der Waals surface area (Å²) in [4.78, 5) is 169. The number of hydrogen-bond donors (Lipinski definition) is 6. The molecule has 0 aliphatic carbocycles. The molecule has 0 radical (unpaired) electrons. The lowest BCUT2D eigenvalue weighted by atomic mass is 9.90. The molecule has 1 saturated heterocycles. The molecule has 512 valence electrons. The van der Waals surface area contributed by atoms with Crippen LogP contribution in [0.5, 0.6) is 0 Å². The second kappa shape index (κ2) is 38.1. The van der Waals surface area contributed by atoms with Crippen LogP contribution in [0, 0.1) is 41.4 Å². The predicted octanol–water partition coefficient (Wildman–Crippen LogP) is 3.60. The van der Waals surface area contributed by atoms with Gasteiger partial charge >= 0.3 is 0 Å². The molecule has 89 heavy (non-hydrogen) atoms. The van der Waals surface area contributed by atoms with Gasteiger partial charge in [0.05, 0.1) is 12.6 Å². The van der Waals surface area contributed by atoms with Crippen molar-refractivity contribution in [3.63, 3.8) is 0 Å². The van der Waals surface area contributed by atoms with Gasteiger partial charge in [0, 0.05) is 49.3 Å². The number of nitrogens with one attached hydrogen (secondary N) is 4. The van der Waals surface area contributed by atoms with E-state index in [0.717, 1.165) is 35.5 Å². The highest BCUT2D eigenvalue weighted by Gasteiger charge is 2.46. The third kappa shape index (κ3) is 24.0. The van der Waals surface area contributed by atoms with Crippen molar-refractivity contribution in [1.29, 1.82) is 0 Å². The van der Waals surface area contributed by atoms with Gasteiger partial charge in [-0.05, 0) is 107 Å². The average Bonchev–Trinajstić information content (AvgIpc) is 1.62. The van der Waals surface area contributed by atoms with Crippen molar-refractivity contribution in [2.75, 3.05) is 62.4 Å². The summed E-state index contributed by atoms with van der Waals surface area (Å²) in [6.45, 7) is 28.3. The molecule has 1 aliphatic rings. The maximum atomic E-state index is 15.3. The van der Waals surface area contributed by atoms with Gasteiger partial charge in [-0.3, -0.25) is 52.7 Å². The molecule has 0 unspecified atom stereocenters. The second-order valence-corrected chi connectivity index (χ2v) is 27.6. The largest absolute Gasteiger partial charge is 0.390 e. The van der Waals surface area contributed by atoms with Gasteiger partial charge in [0.15, 0.2) is 0 Å². The fraction of sp³-hybridized carbons (Fsp3) is 0.831. The summed E-state index contributed by atoms with van der Waals surface area (Å²) < 4.78 is 0. The van der Waals surface area contributed by atoms with E-state index >= 15 is 14.4 Å². The Bertz CT molecular complexity index is 2350. The predicted molar refractivity (Wildman–Crippen MR) is 346 cm³/mol. The van der Waals surface area contributed by atoms with Crippen molar-refractivity contribution in [1.82, 2.24) is 55.6 Å². The highest BCUT2D eigenvalue weighted by Crippen LogP contribution is 2.26. The van der Waals surface area contributed by atoms with Crippen LogP contribution < -0.4 is 27.0 Å². The molecule has 1 rings (SSSR count). The van der Waals surface area contributed by atoms with Crippen LogP contribution in [0.4, 0.5) is 0 Å². The Morgan fingerprint density at radius 3 is 1.33 bits per heavy atom. The van der Waals surface area contributed by atoms with Crippen LogP contribution >= 0.6 is 0 Å². The molecule has 7 N–H and O–H groups in total. The quantitative estimate of drug-likeness (QED) is 0.0951. The number of carbonyl (C=O) groups is 11. The van der Waals surface area contributed by atoms with E-state index in [0.29, 0.717) is 19.4 Å². The summed E-state index contributed by atoms with van der Waals surface area (Å²) in [6.07, 6.45) is 3.93. The van der Waals surface area contributed by atoms with Crippen LogP contribution in [0.25, 0.3) is 0 Å². The molecule has 24 nitrogen and oxygen atoms in total. The number of carbonyl (C=O) groups excluding carboxylic acids is 11. The molecule has 0 aromatic heterocycles. The summed E-state index contributed by atoms with van der Waals surface area (Å²) in [5.41, 5.74) is 5.72. The number of hydrogen-bond acceptors (Lipinski definition) is 13. The summed E-state index contributed by atoms with van der Waals surface area (Å²) >= 11 is 0. The van der Waals surface area contributed by atoms with Crippen LogP contribution in [0.15, 0.2) is 0 Å². The zero-order valence-electron chi connectivity index (χ0n) is 58.7. The van der Waals surface area contributed by atoms with E-state index in [2.05, 4.69) is 21.3 Å². The molecule has 0 saturated carbocycles. The molecule has 0 spiro atoms.